The second kappa shape index (κ2) is 8.51. The summed E-state index contributed by atoms with van der Waals surface area (Å²) in [6, 6.07) is 17.3. The molecular formula is C20H17ClN2O4. The van der Waals surface area contributed by atoms with Crippen molar-refractivity contribution in [1.29, 1.82) is 0 Å². The lowest BCUT2D eigenvalue weighted by atomic mass is 10.0. The molecule has 1 aromatic heterocycles. The molecule has 6 nitrogen and oxygen atoms in total. The summed E-state index contributed by atoms with van der Waals surface area (Å²) in [6.07, 6.45) is 0.205. The van der Waals surface area contributed by atoms with Crippen molar-refractivity contribution in [3.8, 4) is 11.3 Å². The van der Waals surface area contributed by atoms with Crippen LogP contribution in [0.4, 0.5) is 0 Å². The van der Waals surface area contributed by atoms with E-state index in [1.54, 1.807) is 24.3 Å². The predicted molar refractivity (Wildman–Crippen MR) is 100 cm³/mol. The normalized spacial score (nSPS) is 11.7. The van der Waals surface area contributed by atoms with Gasteiger partial charge in [-0.3, -0.25) is 9.59 Å². The fourth-order valence-electron chi connectivity index (χ4n) is 2.67. The van der Waals surface area contributed by atoms with E-state index in [1.165, 1.54) is 6.07 Å². The van der Waals surface area contributed by atoms with E-state index >= 15 is 0 Å². The lowest BCUT2D eigenvalue weighted by Crippen LogP contribution is -2.29. The van der Waals surface area contributed by atoms with Gasteiger partial charge in [0.05, 0.1) is 6.04 Å². The number of carbonyl (C=O) groups is 2. The van der Waals surface area contributed by atoms with E-state index in [4.69, 9.17) is 21.2 Å². The van der Waals surface area contributed by atoms with Gasteiger partial charge in [-0.05, 0) is 24.1 Å². The quantitative estimate of drug-likeness (QED) is 0.632. The van der Waals surface area contributed by atoms with Crippen LogP contribution in [0.5, 0.6) is 0 Å². The van der Waals surface area contributed by atoms with Crippen molar-refractivity contribution >= 4 is 23.5 Å². The van der Waals surface area contributed by atoms with Gasteiger partial charge in [0.15, 0.2) is 11.5 Å². The number of nitrogens with zero attached hydrogens (tertiary/aromatic N) is 1. The zero-order valence-corrected chi connectivity index (χ0v) is 15.0. The largest absolute Gasteiger partial charge is 0.481 e. The van der Waals surface area contributed by atoms with Crippen LogP contribution in [-0.2, 0) is 4.79 Å². The van der Waals surface area contributed by atoms with Gasteiger partial charge in [0.25, 0.3) is 5.91 Å². The molecule has 0 aliphatic heterocycles. The Balaban J connectivity index is 1.76. The predicted octanol–water partition coefficient (Wildman–Crippen LogP) is 4.33. The maximum atomic E-state index is 12.6. The summed E-state index contributed by atoms with van der Waals surface area (Å²) in [6.45, 7) is 0. The number of hydrogen-bond acceptors (Lipinski definition) is 4. The molecular weight excluding hydrogens is 368 g/mol. The number of aromatic nitrogens is 1. The van der Waals surface area contributed by atoms with Gasteiger partial charge in [-0.2, -0.15) is 0 Å². The Bertz CT molecular complexity index is 940. The van der Waals surface area contributed by atoms with E-state index in [1.807, 2.05) is 30.3 Å². The Morgan fingerprint density at radius 3 is 2.59 bits per heavy atom. The topological polar surface area (TPSA) is 92.4 Å². The second-order valence-electron chi connectivity index (χ2n) is 5.96. The lowest BCUT2D eigenvalue weighted by molar-refractivity contribution is -0.137. The molecule has 27 heavy (non-hydrogen) atoms. The Morgan fingerprint density at radius 1 is 1.11 bits per heavy atom. The fraction of sp³-hybridized carbons (Fsp3) is 0.150. The van der Waals surface area contributed by atoms with Gasteiger partial charge < -0.3 is 14.9 Å². The van der Waals surface area contributed by atoms with Crippen molar-refractivity contribution in [3.05, 3.63) is 76.9 Å². The zero-order valence-electron chi connectivity index (χ0n) is 14.3. The van der Waals surface area contributed by atoms with E-state index in [2.05, 4.69) is 10.5 Å². The van der Waals surface area contributed by atoms with Crippen LogP contribution in [0.15, 0.2) is 65.2 Å². The lowest BCUT2D eigenvalue weighted by Gasteiger charge is -2.17. The van der Waals surface area contributed by atoms with Crippen molar-refractivity contribution in [3.63, 3.8) is 0 Å². The van der Waals surface area contributed by atoms with Crippen molar-refractivity contribution in [2.75, 3.05) is 0 Å². The molecule has 3 rings (SSSR count). The third kappa shape index (κ3) is 4.95. The molecule has 0 aliphatic carbocycles. The van der Waals surface area contributed by atoms with E-state index in [-0.39, 0.29) is 18.5 Å². The number of carboxylic acid groups (broad SMARTS) is 1. The van der Waals surface area contributed by atoms with Crippen molar-refractivity contribution < 1.29 is 19.2 Å². The molecule has 7 heteroatoms. The number of hydrogen-bond donors (Lipinski definition) is 2. The van der Waals surface area contributed by atoms with Crippen LogP contribution in [0, 0.1) is 0 Å². The van der Waals surface area contributed by atoms with Gasteiger partial charge in [-0.15, -0.1) is 0 Å². The first-order valence-corrected chi connectivity index (χ1v) is 8.71. The minimum atomic E-state index is -0.921. The van der Waals surface area contributed by atoms with Crippen LogP contribution in [-0.4, -0.2) is 22.1 Å². The van der Waals surface area contributed by atoms with Crippen LogP contribution in [0.2, 0.25) is 5.02 Å². The molecule has 0 saturated carbocycles. The Kier molecular flexibility index (Phi) is 5.88. The van der Waals surface area contributed by atoms with Crippen molar-refractivity contribution in [2.45, 2.75) is 18.9 Å². The third-order valence-corrected chi connectivity index (χ3v) is 4.24. The minimum absolute atomic E-state index is 0.0631. The summed E-state index contributed by atoms with van der Waals surface area (Å²) >= 11 is 5.97. The number of carbonyl (C=O) groups excluding carboxylic acids is 1. The van der Waals surface area contributed by atoms with E-state index in [0.717, 1.165) is 5.56 Å². The van der Waals surface area contributed by atoms with Crippen LogP contribution >= 0.6 is 11.6 Å². The second-order valence-corrected chi connectivity index (χ2v) is 6.39. The first-order valence-electron chi connectivity index (χ1n) is 8.33. The molecule has 2 N–H and O–H groups in total. The molecule has 0 saturated heterocycles. The molecule has 2 aromatic carbocycles. The molecule has 0 fully saturated rings. The Labute approximate surface area is 160 Å². The first kappa shape index (κ1) is 18.7. The number of benzene rings is 2. The number of nitrogens with one attached hydrogen (secondary N) is 1. The van der Waals surface area contributed by atoms with Gasteiger partial charge in [0.2, 0.25) is 0 Å². The average molecular weight is 385 g/mol. The molecule has 138 valence electrons. The molecule has 0 aliphatic rings. The number of rotatable bonds is 7. The van der Waals surface area contributed by atoms with E-state index in [0.29, 0.717) is 16.3 Å². The summed E-state index contributed by atoms with van der Waals surface area (Å²) in [5.74, 6) is -0.939. The van der Waals surface area contributed by atoms with Gasteiger partial charge in [-0.25, -0.2) is 0 Å². The van der Waals surface area contributed by atoms with Gasteiger partial charge in [0, 0.05) is 23.1 Å². The molecule has 1 amide bonds. The monoisotopic (exact) mass is 384 g/mol. The van der Waals surface area contributed by atoms with Gasteiger partial charge >= 0.3 is 5.97 Å². The molecule has 0 radical (unpaired) electrons. The van der Waals surface area contributed by atoms with Gasteiger partial charge in [0.1, 0.15) is 0 Å². The summed E-state index contributed by atoms with van der Waals surface area (Å²) in [5.41, 5.74) is 1.64. The van der Waals surface area contributed by atoms with E-state index in [9.17, 15) is 9.59 Å². The standard InChI is InChI=1S/C20H17ClN2O4/c21-15-8-4-7-14(11-15)18-12-17(23-27-18)20(26)22-16(9-10-19(24)25)13-5-2-1-3-6-13/h1-8,11-12,16H,9-10H2,(H,22,26)(H,24,25). The number of halogens is 1. The van der Waals surface area contributed by atoms with Crippen molar-refractivity contribution in [2.24, 2.45) is 0 Å². The highest BCUT2D eigenvalue weighted by atomic mass is 35.5. The maximum absolute atomic E-state index is 12.6. The number of amides is 1. The average Bonchev–Trinajstić information content (AvgIpc) is 3.16. The molecule has 3 aromatic rings. The van der Waals surface area contributed by atoms with Crippen LogP contribution < -0.4 is 5.32 Å². The fourth-order valence-corrected chi connectivity index (χ4v) is 2.86. The van der Waals surface area contributed by atoms with Crippen molar-refractivity contribution in [1.82, 2.24) is 10.5 Å². The molecule has 1 atom stereocenters. The Hall–Kier alpha value is -3.12. The summed E-state index contributed by atoms with van der Waals surface area (Å²) in [4.78, 5) is 23.5. The summed E-state index contributed by atoms with van der Waals surface area (Å²) < 4.78 is 5.25. The van der Waals surface area contributed by atoms with Gasteiger partial charge in [-0.1, -0.05) is 59.2 Å². The zero-order chi connectivity index (χ0) is 19.2. The summed E-state index contributed by atoms with van der Waals surface area (Å²) in [5, 5.41) is 16.2. The maximum Gasteiger partial charge on any atom is 0.303 e. The number of carboxylic acids is 1. The molecule has 1 unspecified atom stereocenters. The third-order valence-electron chi connectivity index (χ3n) is 4.01. The van der Waals surface area contributed by atoms with E-state index < -0.39 is 17.9 Å². The summed E-state index contributed by atoms with van der Waals surface area (Å²) in [7, 11) is 0. The minimum Gasteiger partial charge on any atom is -0.481 e. The first-order chi connectivity index (χ1) is 13.0. The molecule has 0 bridgehead atoms. The molecule has 1 heterocycles. The number of aliphatic carboxylic acids is 1. The SMILES string of the molecule is O=C(O)CCC(NC(=O)c1cc(-c2cccc(Cl)c2)on1)c1ccccc1. The van der Waals surface area contributed by atoms with Crippen LogP contribution in [0.3, 0.4) is 0 Å². The molecule has 0 spiro atoms. The smallest absolute Gasteiger partial charge is 0.303 e. The highest BCUT2D eigenvalue weighted by Crippen LogP contribution is 2.24. The van der Waals surface area contributed by atoms with Crippen LogP contribution in [0.1, 0.15) is 34.9 Å². The highest BCUT2D eigenvalue weighted by molar-refractivity contribution is 6.30. The highest BCUT2D eigenvalue weighted by Gasteiger charge is 2.20. The Morgan fingerprint density at radius 2 is 1.89 bits per heavy atom. The van der Waals surface area contributed by atoms with Crippen LogP contribution in [0.25, 0.3) is 11.3 Å².